The number of halogens is 1. The Hall–Kier alpha value is -0.970. The molecule has 0 aliphatic heterocycles. The highest BCUT2D eigenvalue weighted by Crippen LogP contribution is 2.33. The summed E-state index contributed by atoms with van der Waals surface area (Å²) in [7, 11) is 0. The largest absolute Gasteiger partial charge is 0.512 e. The Balaban J connectivity index is 2.30. The minimum Gasteiger partial charge on any atom is -0.512 e. The zero-order chi connectivity index (χ0) is 12.4. The number of rotatable bonds is 1. The van der Waals surface area contributed by atoms with Crippen LogP contribution in [0.2, 0.25) is 0 Å². The van der Waals surface area contributed by atoms with Gasteiger partial charge in [0.1, 0.15) is 5.76 Å². The second-order valence-corrected chi connectivity index (χ2v) is 5.35. The number of hydrogen-bond acceptors (Lipinski definition) is 2. The Bertz CT molecular complexity index is 478. The topological polar surface area (TPSA) is 40.5 Å². The van der Waals surface area contributed by atoms with Gasteiger partial charge in [-0.05, 0) is 46.2 Å². The first-order chi connectivity index (χ1) is 8.09. The van der Waals surface area contributed by atoms with E-state index >= 15 is 0 Å². The van der Waals surface area contributed by atoms with Gasteiger partial charge in [0, 0.05) is 12.3 Å². The lowest BCUT2D eigenvalue weighted by Crippen LogP contribution is -2.05. The first kappa shape index (κ1) is 12.5. The van der Waals surface area contributed by atoms with Gasteiger partial charge in [0.05, 0.1) is 9.34 Å². The summed E-state index contributed by atoms with van der Waals surface area (Å²) in [5.74, 6) is 0.875. The van der Waals surface area contributed by atoms with E-state index in [-0.39, 0.29) is 5.92 Å². The molecular formula is C14H15IO2. The second-order valence-electron chi connectivity index (χ2n) is 4.28. The Morgan fingerprint density at radius 1 is 1.41 bits per heavy atom. The average Bonchev–Trinajstić information content (AvgIpc) is 2.31. The van der Waals surface area contributed by atoms with E-state index in [9.17, 15) is 10.2 Å². The molecule has 0 spiro atoms. The number of hydrogen-bond donors (Lipinski definition) is 2. The zero-order valence-corrected chi connectivity index (χ0v) is 11.8. The van der Waals surface area contributed by atoms with Gasteiger partial charge in [-0.3, -0.25) is 0 Å². The normalized spacial score (nSPS) is 27.2. The number of allylic oxidation sites excluding steroid dienone is 9. The van der Waals surface area contributed by atoms with Crippen molar-refractivity contribution in [2.45, 2.75) is 19.8 Å². The van der Waals surface area contributed by atoms with Crippen molar-refractivity contribution in [2.75, 3.05) is 0 Å². The lowest BCUT2D eigenvalue weighted by atomic mass is 9.91. The number of aliphatic hydroxyl groups is 2. The van der Waals surface area contributed by atoms with Gasteiger partial charge in [0.25, 0.3) is 0 Å². The third kappa shape index (κ3) is 2.65. The summed E-state index contributed by atoms with van der Waals surface area (Å²) in [6.07, 6.45) is 11.3. The molecule has 2 N–H and O–H groups in total. The maximum Gasteiger partial charge on any atom is 0.106 e. The summed E-state index contributed by atoms with van der Waals surface area (Å²) in [6, 6.07) is 0. The van der Waals surface area contributed by atoms with E-state index in [4.69, 9.17) is 0 Å². The molecule has 90 valence electrons. The summed E-state index contributed by atoms with van der Waals surface area (Å²) in [6.45, 7) is 1.97. The fourth-order valence-electron chi connectivity index (χ4n) is 1.92. The van der Waals surface area contributed by atoms with E-state index < -0.39 is 0 Å². The molecule has 1 unspecified atom stereocenters. The predicted octanol–water partition coefficient (Wildman–Crippen LogP) is 4.49. The van der Waals surface area contributed by atoms with Crippen LogP contribution in [0.1, 0.15) is 19.8 Å². The number of aliphatic hydroxyl groups excluding tert-OH is 2. The van der Waals surface area contributed by atoms with E-state index in [1.807, 2.05) is 25.2 Å². The molecule has 0 aromatic carbocycles. The third-order valence-corrected chi connectivity index (χ3v) is 4.32. The standard InChI is InChI=1S/C14H15IO2/c1-9-10(4-2-6-12(9)16)8-11-5-3-7-13(17)14(11)15/h2,4-6,8-9,16-17H,3,7H2,1H3/b10-8-. The Labute approximate surface area is 115 Å². The summed E-state index contributed by atoms with van der Waals surface area (Å²) >= 11 is 2.17. The quantitative estimate of drug-likeness (QED) is 0.690. The lowest BCUT2D eigenvalue weighted by molar-refractivity contribution is 0.359. The van der Waals surface area contributed by atoms with E-state index in [2.05, 4.69) is 28.7 Å². The van der Waals surface area contributed by atoms with Crippen molar-refractivity contribution < 1.29 is 10.2 Å². The minimum absolute atomic E-state index is 0.0224. The molecule has 17 heavy (non-hydrogen) atoms. The summed E-state index contributed by atoms with van der Waals surface area (Å²) in [5, 5.41) is 19.4. The maximum absolute atomic E-state index is 9.72. The van der Waals surface area contributed by atoms with Gasteiger partial charge in [-0.1, -0.05) is 31.2 Å². The van der Waals surface area contributed by atoms with Gasteiger partial charge in [-0.2, -0.15) is 0 Å². The van der Waals surface area contributed by atoms with Crippen molar-refractivity contribution in [3.05, 3.63) is 56.6 Å². The lowest BCUT2D eigenvalue weighted by Gasteiger charge is -2.18. The molecule has 2 nitrogen and oxygen atoms in total. The zero-order valence-electron chi connectivity index (χ0n) is 9.65. The summed E-state index contributed by atoms with van der Waals surface area (Å²) < 4.78 is 0.913. The highest BCUT2D eigenvalue weighted by Gasteiger charge is 2.16. The van der Waals surface area contributed by atoms with Gasteiger partial charge < -0.3 is 10.2 Å². The van der Waals surface area contributed by atoms with E-state index in [0.717, 1.165) is 27.6 Å². The van der Waals surface area contributed by atoms with Gasteiger partial charge in [0.2, 0.25) is 0 Å². The Kier molecular flexibility index (Phi) is 3.76. The Morgan fingerprint density at radius 2 is 2.18 bits per heavy atom. The Morgan fingerprint density at radius 3 is 2.94 bits per heavy atom. The van der Waals surface area contributed by atoms with Crippen LogP contribution in [0.25, 0.3) is 0 Å². The van der Waals surface area contributed by atoms with Crippen LogP contribution in [-0.2, 0) is 0 Å². The fraction of sp³-hybridized carbons (Fsp3) is 0.286. The van der Waals surface area contributed by atoms with Crippen molar-refractivity contribution in [3.63, 3.8) is 0 Å². The molecule has 0 fully saturated rings. The molecule has 0 amide bonds. The SMILES string of the molecule is CC1C(O)=CC=C/C1=C/C1=CCCC(O)=C1I. The summed E-state index contributed by atoms with van der Waals surface area (Å²) in [4.78, 5) is 0. The van der Waals surface area contributed by atoms with Crippen LogP contribution in [0.3, 0.4) is 0 Å². The van der Waals surface area contributed by atoms with Crippen molar-refractivity contribution >= 4 is 22.6 Å². The van der Waals surface area contributed by atoms with Crippen molar-refractivity contribution in [1.82, 2.24) is 0 Å². The molecule has 2 rings (SSSR count). The van der Waals surface area contributed by atoms with Crippen LogP contribution in [0.4, 0.5) is 0 Å². The van der Waals surface area contributed by atoms with E-state index in [0.29, 0.717) is 11.5 Å². The highest BCUT2D eigenvalue weighted by atomic mass is 127. The molecule has 0 aromatic heterocycles. The molecule has 0 aromatic rings. The van der Waals surface area contributed by atoms with Crippen molar-refractivity contribution in [2.24, 2.45) is 5.92 Å². The average molecular weight is 342 g/mol. The van der Waals surface area contributed by atoms with Gasteiger partial charge in [-0.15, -0.1) is 0 Å². The first-order valence-corrected chi connectivity index (χ1v) is 6.74. The maximum atomic E-state index is 9.72. The van der Waals surface area contributed by atoms with Crippen LogP contribution in [0.5, 0.6) is 0 Å². The fourth-order valence-corrected chi connectivity index (χ4v) is 2.57. The molecule has 0 heterocycles. The first-order valence-electron chi connectivity index (χ1n) is 5.66. The molecule has 0 saturated carbocycles. The highest BCUT2D eigenvalue weighted by molar-refractivity contribution is 14.1. The van der Waals surface area contributed by atoms with Gasteiger partial charge in [-0.25, -0.2) is 0 Å². The van der Waals surface area contributed by atoms with E-state index in [1.54, 1.807) is 6.08 Å². The van der Waals surface area contributed by atoms with Crippen molar-refractivity contribution in [3.8, 4) is 0 Å². The van der Waals surface area contributed by atoms with Crippen LogP contribution < -0.4 is 0 Å². The van der Waals surface area contributed by atoms with E-state index in [1.165, 1.54) is 0 Å². The molecule has 3 heteroatoms. The third-order valence-electron chi connectivity index (χ3n) is 3.07. The molecule has 0 bridgehead atoms. The molecule has 0 saturated heterocycles. The van der Waals surface area contributed by atoms with Crippen molar-refractivity contribution in [1.29, 1.82) is 0 Å². The second kappa shape index (κ2) is 5.12. The molecule has 2 aliphatic carbocycles. The van der Waals surface area contributed by atoms with Gasteiger partial charge >= 0.3 is 0 Å². The molecule has 0 radical (unpaired) electrons. The van der Waals surface area contributed by atoms with Crippen LogP contribution >= 0.6 is 22.6 Å². The van der Waals surface area contributed by atoms with Crippen LogP contribution in [0.15, 0.2) is 56.6 Å². The predicted molar refractivity (Wildman–Crippen MR) is 78.1 cm³/mol. The smallest absolute Gasteiger partial charge is 0.106 e. The monoisotopic (exact) mass is 342 g/mol. The summed E-state index contributed by atoms with van der Waals surface area (Å²) in [5.41, 5.74) is 2.12. The van der Waals surface area contributed by atoms with Crippen LogP contribution in [0, 0.1) is 5.92 Å². The molecular weight excluding hydrogens is 327 g/mol. The molecule has 1 atom stereocenters. The van der Waals surface area contributed by atoms with Gasteiger partial charge in [0.15, 0.2) is 0 Å². The minimum atomic E-state index is 0.0224. The van der Waals surface area contributed by atoms with Crippen LogP contribution in [-0.4, -0.2) is 10.2 Å². The molecule has 2 aliphatic rings.